The summed E-state index contributed by atoms with van der Waals surface area (Å²) >= 11 is 11.3. The second kappa shape index (κ2) is 8.33. The van der Waals surface area contributed by atoms with E-state index in [0.29, 0.717) is 16.2 Å². The second-order valence-electron chi connectivity index (χ2n) is 4.48. The lowest BCUT2D eigenvalue weighted by Crippen LogP contribution is -2.35. The van der Waals surface area contributed by atoms with Crippen molar-refractivity contribution >= 4 is 34.6 Å². The van der Waals surface area contributed by atoms with Crippen LogP contribution in [0.2, 0.25) is 5.02 Å². The van der Waals surface area contributed by atoms with Crippen LogP contribution in [-0.2, 0) is 0 Å². The van der Waals surface area contributed by atoms with Crippen LogP contribution in [0.5, 0.6) is 0 Å². The van der Waals surface area contributed by atoms with Crippen molar-refractivity contribution in [1.82, 2.24) is 5.32 Å². The van der Waals surface area contributed by atoms with Crippen LogP contribution in [0, 0.1) is 0 Å². The van der Waals surface area contributed by atoms with E-state index < -0.39 is 0 Å². The normalized spacial score (nSPS) is 11.9. The van der Waals surface area contributed by atoms with E-state index in [4.69, 9.17) is 23.8 Å². The van der Waals surface area contributed by atoms with E-state index in [9.17, 15) is 0 Å². The van der Waals surface area contributed by atoms with E-state index in [0.717, 1.165) is 12.1 Å². The standard InChI is InChI=1S/C14H21ClN2S/c1-3-4-5-8-11(2)16-14(18)17-13-10-7-6-9-12(13)15/h6-7,9-11H,3-5,8H2,1-2H3,(H2,16,17,18). The van der Waals surface area contributed by atoms with Crippen molar-refractivity contribution in [3.8, 4) is 0 Å². The van der Waals surface area contributed by atoms with Gasteiger partial charge in [0.2, 0.25) is 0 Å². The van der Waals surface area contributed by atoms with Gasteiger partial charge in [-0.05, 0) is 37.7 Å². The third-order valence-electron chi connectivity index (χ3n) is 2.74. The molecule has 4 heteroatoms. The highest BCUT2D eigenvalue weighted by Gasteiger charge is 2.05. The molecule has 1 rings (SSSR count). The highest BCUT2D eigenvalue weighted by atomic mass is 35.5. The zero-order chi connectivity index (χ0) is 13.4. The molecule has 0 bridgehead atoms. The number of unbranched alkanes of at least 4 members (excludes halogenated alkanes) is 2. The number of para-hydroxylation sites is 1. The van der Waals surface area contributed by atoms with Crippen molar-refractivity contribution < 1.29 is 0 Å². The summed E-state index contributed by atoms with van der Waals surface area (Å²) in [6.07, 6.45) is 4.89. The molecule has 0 aromatic heterocycles. The van der Waals surface area contributed by atoms with E-state index in [1.807, 2.05) is 24.3 Å². The smallest absolute Gasteiger partial charge is 0.171 e. The highest BCUT2D eigenvalue weighted by molar-refractivity contribution is 7.80. The minimum Gasteiger partial charge on any atom is -0.360 e. The number of hydrogen-bond donors (Lipinski definition) is 2. The van der Waals surface area contributed by atoms with Gasteiger partial charge in [-0.15, -0.1) is 0 Å². The van der Waals surface area contributed by atoms with E-state index in [1.54, 1.807) is 0 Å². The molecule has 1 aromatic carbocycles. The molecular weight excluding hydrogens is 264 g/mol. The first-order chi connectivity index (χ1) is 8.63. The molecule has 0 aliphatic carbocycles. The largest absolute Gasteiger partial charge is 0.360 e. The van der Waals surface area contributed by atoms with Gasteiger partial charge in [-0.2, -0.15) is 0 Å². The Morgan fingerprint density at radius 3 is 2.72 bits per heavy atom. The van der Waals surface area contributed by atoms with Crippen molar-refractivity contribution in [1.29, 1.82) is 0 Å². The lowest BCUT2D eigenvalue weighted by molar-refractivity contribution is 0.556. The predicted molar refractivity (Wildman–Crippen MR) is 84.4 cm³/mol. The first-order valence-corrected chi connectivity index (χ1v) is 7.24. The molecule has 100 valence electrons. The van der Waals surface area contributed by atoms with Crippen LogP contribution in [-0.4, -0.2) is 11.2 Å². The average molecular weight is 285 g/mol. The Kier molecular flexibility index (Phi) is 7.06. The molecule has 0 heterocycles. The number of nitrogens with one attached hydrogen (secondary N) is 2. The summed E-state index contributed by atoms with van der Waals surface area (Å²) in [6, 6.07) is 7.98. The average Bonchev–Trinajstić information content (AvgIpc) is 2.32. The molecule has 0 fully saturated rings. The summed E-state index contributed by atoms with van der Waals surface area (Å²) in [6.45, 7) is 4.36. The Morgan fingerprint density at radius 1 is 1.33 bits per heavy atom. The summed E-state index contributed by atoms with van der Waals surface area (Å²) < 4.78 is 0. The third-order valence-corrected chi connectivity index (χ3v) is 3.29. The van der Waals surface area contributed by atoms with Gasteiger partial charge >= 0.3 is 0 Å². The third kappa shape index (κ3) is 5.69. The van der Waals surface area contributed by atoms with Gasteiger partial charge < -0.3 is 10.6 Å². The minimum absolute atomic E-state index is 0.388. The van der Waals surface area contributed by atoms with Gasteiger partial charge in [0.25, 0.3) is 0 Å². The topological polar surface area (TPSA) is 24.1 Å². The van der Waals surface area contributed by atoms with Gasteiger partial charge in [0, 0.05) is 6.04 Å². The van der Waals surface area contributed by atoms with E-state index in [-0.39, 0.29) is 0 Å². The van der Waals surface area contributed by atoms with Crippen molar-refractivity contribution in [2.75, 3.05) is 5.32 Å². The highest BCUT2D eigenvalue weighted by Crippen LogP contribution is 2.20. The van der Waals surface area contributed by atoms with E-state index in [2.05, 4.69) is 24.5 Å². The molecular formula is C14H21ClN2S. The first kappa shape index (κ1) is 15.3. The van der Waals surface area contributed by atoms with Crippen molar-refractivity contribution in [2.24, 2.45) is 0 Å². The SMILES string of the molecule is CCCCCC(C)NC(=S)Nc1ccccc1Cl. The summed E-state index contributed by atoms with van der Waals surface area (Å²) in [5.74, 6) is 0. The molecule has 0 saturated heterocycles. The zero-order valence-electron chi connectivity index (χ0n) is 11.0. The van der Waals surface area contributed by atoms with Crippen LogP contribution >= 0.6 is 23.8 Å². The Labute approximate surface area is 120 Å². The summed E-state index contributed by atoms with van der Waals surface area (Å²) in [7, 11) is 0. The molecule has 1 atom stereocenters. The predicted octanol–water partition coefficient (Wildman–Crippen LogP) is 4.60. The maximum Gasteiger partial charge on any atom is 0.171 e. The van der Waals surface area contributed by atoms with Gasteiger partial charge in [-0.1, -0.05) is 49.9 Å². The number of hydrogen-bond acceptors (Lipinski definition) is 1. The summed E-state index contributed by atoms with van der Waals surface area (Å²) in [5.41, 5.74) is 0.845. The summed E-state index contributed by atoms with van der Waals surface area (Å²) in [4.78, 5) is 0. The molecule has 0 aliphatic rings. The van der Waals surface area contributed by atoms with Gasteiger partial charge in [0.1, 0.15) is 0 Å². The molecule has 0 aliphatic heterocycles. The Hall–Kier alpha value is -0.800. The lowest BCUT2D eigenvalue weighted by atomic mass is 10.1. The van der Waals surface area contributed by atoms with Crippen molar-refractivity contribution in [3.63, 3.8) is 0 Å². The maximum absolute atomic E-state index is 6.06. The number of thiocarbonyl (C=S) groups is 1. The van der Waals surface area contributed by atoms with Crippen LogP contribution in [0.4, 0.5) is 5.69 Å². The van der Waals surface area contributed by atoms with Crippen LogP contribution in [0.15, 0.2) is 24.3 Å². The fraction of sp³-hybridized carbons (Fsp3) is 0.500. The van der Waals surface area contributed by atoms with E-state index in [1.165, 1.54) is 19.3 Å². The number of rotatable bonds is 6. The molecule has 0 spiro atoms. The molecule has 1 unspecified atom stereocenters. The Balaban J connectivity index is 2.35. The monoisotopic (exact) mass is 284 g/mol. The Bertz CT molecular complexity index is 382. The number of anilines is 1. The van der Waals surface area contributed by atoms with Crippen molar-refractivity contribution in [3.05, 3.63) is 29.3 Å². The molecule has 0 saturated carbocycles. The first-order valence-electron chi connectivity index (χ1n) is 6.45. The molecule has 1 aromatic rings. The zero-order valence-corrected chi connectivity index (χ0v) is 12.6. The fourth-order valence-corrected chi connectivity index (χ4v) is 2.21. The van der Waals surface area contributed by atoms with Gasteiger partial charge in [-0.3, -0.25) is 0 Å². The molecule has 0 radical (unpaired) electrons. The quantitative estimate of drug-likeness (QED) is 0.590. The minimum atomic E-state index is 0.388. The van der Waals surface area contributed by atoms with Crippen LogP contribution in [0.1, 0.15) is 39.5 Å². The van der Waals surface area contributed by atoms with Crippen LogP contribution in [0.25, 0.3) is 0 Å². The Morgan fingerprint density at radius 2 is 2.06 bits per heavy atom. The molecule has 2 nitrogen and oxygen atoms in total. The lowest BCUT2D eigenvalue weighted by Gasteiger charge is -2.17. The molecule has 18 heavy (non-hydrogen) atoms. The van der Waals surface area contributed by atoms with Gasteiger partial charge in [0.05, 0.1) is 10.7 Å². The number of benzene rings is 1. The summed E-state index contributed by atoms with van der Waals surface area (Å²) in [5, 5.41) is 7.71. The van der Waals surface area contributed by atoms with Crippen molar-refractivity contribution in [2.45, 2.75) is 45.6 Å². The second-order valence-corrected chi connectivity index (χ2v) is 5.29. The number of halogens is 1. The van der Waals surface area contributed by atoms with Gasteiger partial charge in [0.15, 0.2) is 5.11 Å². The maximum atomic E-state index is 6.06. The van der Waals surface area contributed by atoms with Crippen LogP contribution in [0.3, 0.4) is 0 Å². The van der Waals surface area contributed by atoms with E-state index >= 15 is 0 Å². The van der Waals surface area contributed by atoms with Gasteiger partial charge in [-0.25, -0.2) is 0 Å². The molecule has 0 amide bonds. The fourth-order valence-electron chi connectivity index (χ4n) is 1.72. The molecule has 2 N–H and O–H groups in total. The van der Waals surface area contributed by atoms with Crippen LogP contribution < -0.4 is 10.6 Å².